The van der Waals surface area contributed by atoms with Crippen LogP contribution in [-0.4, -0.2) is 36.6 Å². The third kappa shape index (κ3) is 3.66. The molecular weight excluding hydrogens is 176 g/mol. The van der Waals surface area contributed by atoms with E-state index in [0.29, 0.717) is 5.57 Å². The summed E-state index contributed by atoms with van der Waals surface area (Å²) in [5.74, 6) is -0.346. The monoisotopic (exact) mass is 190 g/mol. The minimum atomic E-state index is -1.78. The van der Waals surface area contributed by atoms with Crippen molar-refractivity contribution in [3.63, 3.8) is 0 Å². The van der Waals surface area contributed by atoms with E-state index in [1.54, 1.807) is 26.8 Å². The van der Waals surface area contributed by atoms with Gasteiger partial charge in [0, 0.05) is 19.8 Å². The van der Waals surface area contributed by atoms with Gasteiger partial charge >= 0.3 is 15.3 Å². The lowest BCUT2D eigenvalue weighted by Gasteiger charge is -2.06. The molecule has 0 aromatic heterocycles. The van der Waals surface area contributed by atoms with Gasteiger partial charge in [-0.3, -0.25) is 0 Å². The summed E-state index contributed by atoms with van der Waals surface area (Å²) in [6.45, 7) is 1.67. The zero-order chi connectivity index (χ0) is 9.56. The molecule has 0 amide bonds. The van der Waals surface area contributed by atoms with E-state index in [2.05, 4.69) is 4.74 Å². The van der Waals surface area contributed by atoms with Crippen LogP contribution in [-0.2, 0) is 18.4 Å². The molecule has 0 rings (SSSR count). The molecule has 0 N–H and O–H groups in total. The topological polar surface area (TPSA) is 44.8 Å². The lowest BCUT2D eigenvalue weighted by Crippen LogP contribution is -2.18. The largest absolute Gasteiger partial charge is 0.466 e. The predicted molar refractivity (Wildman–Crippen MR) is 46.9 cm³/mol. The smallest absolute Gasteiger partial charge is 0.348 e. The molecule has 0 aromatic rings. The van der Waals surface area contributed by atoms with Crippen LogP contribution in [0.1, 0.15) is 6.92 Å². The zero-order valence-electron chi connectivity index (χ0n) is 7.79. The van der Waals surface area contributed by atoms with Crippen molar-refractivity contribution in [3.8, 4) is 0 Å². The highest BCUT2D eigenvalue weighted by Crippen LogP contribution is 1.98. The van der Waals surface area contributed by atoms with E-state index in [1.165, 1.54) is 7.11 Å². The van der Waals surface area contributed by atoms with Crippen molar-refractivity contribution < 1.29 is 18.4 Å². The number of hydrogen-bond acceptors (Lipinski definition) is 4. The molecule has 12 heavy (non-hydrogen) atoms. The summed E-state index contributed by atoms with van der Waals surface area (Å²) < 4.78 is 14.5. The number of carbonyl (C=O) groups is 1. The van der Waals surface area contributed by atoms with Crippen LogP contribution in [0.4, 0.5) is 0 Å². The molecule has 0 spiro atoms. The van der Waals surface area contributed by atoms with Crippen molar-refractivity contribution in [2.24, 2.45) is 0 Å². The molecule has 0 aliphatic rings. The maximum absolute atomic E-state index is 10.9. The second-order valence-electron chi connectivity index (χ2n) is 2.18. The molecule has 0 fully saturated rings. The van der Waals surface area contributed by atoms with Gasteiger partial charge in [0.2, 0.25) is 0 Å². The third-order valence-corrected chi connectivity index (χ3v) is 3.06. The maximum Gasteiger partial charge on any atom is 0.348 e. The van der Waals surface area contributed by atoms with Gasteiger partial charge in [-0.15, -0.1) is 0 Å². The summed E-state index contributed by atoms with van der Waals surface area (Å²) in [6.07, 6.45) is 0. The summed E-state index contributed by atoms with van der Waals surface area (Å²) in [5, 5.41) is 0. The fourth-order valence-electron chi connectivity index (χ4n) is 0.665. The summed E-state index contributed by atoms with van der Waals surface area (Å²) in [4.78, 5) is 10.9. The van der Waals surface area contributed by atoms with Gasteiger partial charge in [0.05, 0.1) is 7.11 Å². The molecule has 0 unspecified atom stereocenters. The average Bonchev–Trinajstić information content (AvgIpc) is 2.12. The van der Waals surface area contributed by atoms with Gasteiger partial charge in [-0.2, -0.15) is 0 Å². The molecule has 5 heteroatoms. The SMILES string of the molecule is COC(=O)C(C)=C[SiH](OC)OC. The number of rotatable bonds is 4. The fraction of sp³-hybridized carbons (Fsp3) is 0.571. The van der Waals surface area contributed by atoms with Crippen molar-refractivity contribution in [2.45, 2.75) is 6.92 Å². The van der Waals surface area contributed by atoms with Crippen LogP contribution < -0.4 is 0 Å². The quantitative estimate of drug-likeness (QED) is 0.360. The van der Waals surface area contributed by atoms with Gasteiger partial charge in [-0.1, -0.05) is 0 Å². The van der Waals surface area contributed by atoms with Crippen LogP contribution in [0.15, 0.2) is 11.3 Å². The Morgan fingerprint density at radius 1 is 1.25 bits per heavy atom. The van der Waals surface area contributed by atoms with Crippen LogP contribution >= 0.6 is 0 Å². The first-order chi connectivity index (χ1) is 5.65. The van der Waals surface area contributed by atoms with Crippen molar-refractivity contribution in [1.29, 1.82) is 0 Å². The zero-order valence-corrected chi connectivity index (χ0v) is 8.94. The summed E-state index contributed by atoms with van der Waals surface area (Å²) in [7, 11) is 2.67. The number of carbonyl (C=O) groups excluding carboxylic acids is 1. The number of methoxy groups -OCH3 is 1. The molecule has 0 atom stereocenters. The van der Waals surface area contributed by atoms with Crippen molar-refractivity contribution in [3.05, 3.63) is 11.3 Å². The Bertz CT molecular complexity index is 174. The lowest BCUT2D eigenvalue weighted by molar-refractivity contribution is -0.136. The molecule has 4 nitrogen and oxygen atoms in total. The first kappa shape index (κ1) is 11.3. The molecule has 0 aliphatic carbocycles. The van der Waals surface area contributed by atoms with Gasteiger partial charge in [0.1, 0.15) is 0 Å². The molecule has 0 bridgehead atoms. The third-order valence-electron chi connectivity index (χ3n) is 1.36. The molecular formula is C7H14O4Si. The lowest BCUT2D eigenvalue weighted by atomic mass is 10.4. The highest BCUT2D eigenvalue weighted by molar-refractivity contribution is 6.51. The first-order valence-electron chi connectivity index (χ1n) is 3.48. The van der Waals surface area contributed by atoms with Gasteiger partial charge < -0.3 is 13.6 Å². The van der Waals surface area contributed by atoms with E-state index in [4.69, 9.17) is 8.85 Å². The van der Waals surface area contributed by atoms with Gasteiger partial charge in [-0.05, 0) is 12.6 Å². The number of esters is 1. The molecule has 0 radical (unpaired) electrons. The van der Waals surface area contributed by atoms with Crippen molar-refractivity contribution in [2.75, 3.05) is 21.3 Å². The summed E-state index contributed by atoms with van der Waals surface area (Å²) >= 11 is 0. The Hall–Kier alpha value is -0.653. The van der Waals surface area contributed by atoms with Crippen LogP contribution in [0.3, 0.4) is 0 Å². The Kier molecular flexibility index (Phi) is 5.61. The maximum atomic E-state index is 10.9. The van der Waals surface area contributed by atoms with Gasteiger partial charge in [0.25, 0.3) is 0 Å². The normalized spacial score (nSPS) is 11.9. The van der Waals surface area contributed by atoms with E-state index in [-0.39, 0.29) is 5.97 Å². The van der Waals surface area contributed by atoms with Gasteiger partial charge in [0.15, 0.2) is 0 Å². The number of hydrogen-bond donors (Lipinski definition) is 0. The number of ether oxygens (including phenoxy) is 1. The van der Waals surface area contributed by atoms with Crippen molar-refractivity contribution >= 4 is 15.3 Å². The van der Waals surface area contributed by atoms with E-state index >= 15 is 0 Å². The Morgan fingerprint density at radius 3 is 2.08 bits per heavy atom. The van der Waals surface area contributed by atoms with Crippen LogP contribution in [0.25, 0.3) is 0 Å². The van der Waals surface area contributed by atoms with E-state index in [0.717, 1.165) is 0 Å². The molecule has 70 valence electrons. The van der Waals surface area contributed by atoms with Gasteiger partial charge in [-0.25, -0.2) is 4.79 Å². The first-order valence-corrected chi connectivity index (χ1v) is 5.09. The Labute approximate surface area is 74.0 Å². The second-order valence-corrected chi connectivity index (χ2v) is 4.19. The van der Waals surface area contributed by atoms with Crippen LogP contribution in [0, 0.1) is 0 Å². The molecule has 0 aromatic carbocycles. The highest BCUT2D eigenvalue weighted by Gasteiger charge is 2.10. The molecule has 0 aliphatic heterocycles. The van der Waals surface area contributed by atoms with Crippen molar-refractivity contribution in [1.82, 2.24) is 0 Å². The minimum Gasteiger partial charge on any atom is -0.466 e. The predicted octanol–water partition coefficient (Wildman–Crippen LogP) is 0.158. The Balaban J connectivity index is 4.21. The fourth-order valence-corrected chi connectivity index (χ4v) is 1.67. The minimum absolute atomic E-state index is 0.346. The van der Waals surface area contributed by atoms with Crippen LogP contribution in [0.5, 0.6) is 0 Å². The van der Waals surface area contributed by atoms with E-state index < -0.39 is 9.28 Å². The van der Waals surface area contributed by atoms with Crippen LogP contribution in [0.2, 0.25) is 0 Å². The Morgan fingerprint density at radius 2 is 1.75 bits per heavy atom. The second kappa shape index (κ2) is 5.93. The highest BCUT2D eigenvalue weighted by atomic mass is 28.3. The van der Waals surface area contributed by atoms with E-state index in [1.807, 2.05) is 0 Å². The molecule has 0 saturated heterocycles. The van der Waals surface area contributed by atoms with E-state index in [9.17, 15) is 4.79 Å². The molecule has 0 heterocycles. The summed E-state index contributed by atoms with van der Waals surface area (Å²) in [5.41, 5.74) is 2.21. The molecule has 0 saturated carbocycles. The average molecular weight is 190 g/mol. The summed E-state index contributed by atoms with van der Waals surface area (Å²) in [6, 6.07) is 0. The standard InChI is InChI=1S/C7H14O4Si/c1-6(7(8)9-2)5-12(10-3)11-4/h5,12H,1-4H3.